The lowest BCUT2D eigenvalue weighted by Gasteiger charge is -2.27. The zero-order chi connectivity index (χ0) is 16.4. The number of carbonyl (C=O) groups excluding carboxylic acids is 1. The van der Waals surface area contributed by atoms with Crippen LogP contribution in [-0.2, 0) is 12.8 Å². The third-order valence-corrected chi connectivity index (χ3v) is 5.56. The van der Waals surface area contributed by atoms with Gasteiger partial charge in [0.1, 0.15) is 0 Å². The molecule has 1 unspecified atom stereocenters. The maximum absolute atomic E-state index is 12.7. The number of hydrogen-bond acceptors (Lipinski definition) is 1. The molecular weight excluding hydrogens is 294 g/mol. The quantitative estimate of drug-likeness (QED) is 0.810. The number of likely N-dealkylation sites (tertiary alicyclic amines) is 1. The molecule has 2 aromatic rings. The number of hydrogen-bond donors (Lipinski definition) is 0. The highest BCUT2D eigenvalue weighted by Gasteiger charge is 2.25. The molecule has 4 rings (SSSR count). The summed E-state index contributed by atoms with van der Waals surface area (Å²) >= 11 is 0. The van der Waals surface area contributed by atoms with Crippen LogP contribution in [0.15, 0.2) is 48.5 Å². The number of amides is 1. The van der Waals surface area contributed by atoms with Crippen LogP contribution in [0.3, 0.4) is 0 Å². The van der Waals surface area contributed by atoms with Crippen molar-refractivity contribution in [1.82, 2.24) is 4.90 Å². The molecule has 2 aliphatic rings. The third kappa shape index (κ3) is 3.10. The molecule has 0 saturated carbocycles. The number of nitrogens with zero attached hydrogens (tertiary/aromatic N) is 1. The van der Waals surface area contributed by atoms with E-state index >= 15 is 0 Å². The fourth-order valence-electron chi connectivity index (χ4n) is 4.23. The molecule has 1 amide bonds. The van der Waals surface area contributed by atoms with Gasteiger partial charge >= 0.3 is 0 Å². The van der Waals surface area contributed by atoms with E-state index in [1.807, 2.05) is 4.90 Å². The molecule has 2 aromatic carbocycles. The first-order chi connectivity index (χ1) is 11.8. The van der Waals surface area contributed by atoms with E-state index in [4.69, 9.17) is 0 Å². The Balaban J connectivity index is 1.51. The Hall–Kier alpha value is -2.09. The van der Waals surface area contributed by atoms with E-state index in [1.54, 1.807) is 0 Å². The van der Waals surface area contributed by atoms with Crippen LogP contribution in [0.5, 0.6) is 0 Å². The van der Waals surface area contributed by atoms with Gasteiger partial charge < -0.3 is 4.90 Å². The minimum Gasteiger partial charge on any atom is -0.339 e. The highest BCUT2D eigenvalue weighted by molar-refractivity contribution is 5.94. The van der Waals surface area contributed by atoms with Gasteiger partial charge in [-0.2, -0.15) is 0 Å². The molecular formula is C22H25NO. The van der Waals surface area contributed by atoms with Gasteiger partial charge in [-0.05, 0) is 73.3 Å². The monoisotopic (exact) mass is 319 g/mol. The summed E-state index contributed by atoms with van der Waals surface area (Å²) in [7, 11) is 0. The maximum Gasteiger partial charge on any atom is 0.253 e. The van der Waals surface area contributed by atoms with Crippen LogP contribution in [-0.4, -0.2) is 23.9 Å². The SMILES string of the molecule is O=C(c1ccc2c(c1)CCC2Cc1ccccc1)N1CCCCC1. The summed E-state index contributed by atoms with van der Waals surface area (Å²) in [5, 5.41) is 0. The van der Waals surface area contributed by atoms with Gasteiger partial charge in [-0.3, -0.25) is 4.79 Å². The highest BCUT2D eigenvalue weighted by Crippen LogP contribution is 2.36. The fourth-order valence-corrected chi connectivity index (χ4v) is 4.23. The number of piperidine rings is 1. The average molecular weight is 319 g/mol. The molecule has 0 bridgehead atoms. The zero-order valence-electron chi connectivity index (χ0n) is 14.2. The van der Waals surface area contributed by atoms with Gasteiger partial charge in [0.25, 0.3) is 5.91 Å². The maximum atomic E-state index is 12.7. The van der Waals surface area contributed by atoms with E-state index in [9.17, 15) is 4.79 Å². The summed E-state index contributed by atoms with van der Waals surface area (Å²) in [4.78, 5) is 14.7. The van der Waals surface area contributed by atoms with Crippen molar-refractivity contribution in [2.75, 3.05) is 13.1 Å². The molecule has 1 atom stereocenters. The number of aryl methyl sites for hydroxylation is 1. The molecule has 0 spiro atoms. The van der Waals surface area contributed by atoms with E-state index in [-0.39, 0.29) is 5.91 Å². The molecule has 24 heavy (non-hydrogen) atoms. The number of rotatable bonds is 3. The van der Waals surface area contributed by atoms with Crippen molar-refractivity contribution in [3.8, 4) is 0 Å². The topological polar surface area (TPSA) is 20.3 Å². The van der Waals surface area contributed by atoms with Gasteiger partial charge in [0, 0.05) is 18.7 Å². The van der Waals surface area contributed by atoms with Gasteiger partial charge in [0.2, 0.25) is 0 Å². The molecule has 124 valence electrons. The van der Waals surface area contributed by atoms with Crippen molar-refractivity contribution >= 4 is 5.91 Å². The van der Waals surface area contributed by atoms with Gasteiger partial charge in [0.15, 0.2) is 0 Å². The average Bonchev–Trinajstić information content (AvgIpc) is 3.05. The van der Waals surface area contributed by atoms with Crippen molar-refractivity contribution in [2.45, 2.75) is 44.4 Å². The summed E-state index contributed by atoms with van der Waals surface area (Å²) < 4.78 is 0. The third-order valence-electron chi connectivity index (χ3n) is 5.56. The lowest BCUT2D eigenvalue weighted by atomic mass is 9.93. The molecule has 2 nitrogen and oxygen atoms in total. The second kappa shape index (κ2) is 6.80. The minimum absolute atomic E-state index is 0.226. The van der Waals surface area contributed by atoms with Crippen molar-refractivity contribution in [1.29, 1.82) is 0 Å². The van der Waals surface area contributed by atoms with E-state index in [2.05, 4.69) is 48.5 Å². The van der Waals surface area contributed by atoms with Gasteiger partial charge in [-0.25, -0.2) is 0 Å². The minimum atomic E-state index is 0.226. The first-order valence-electron chi connectivity index (χ1n) is 9.27. The van der Waals surface area contributed by atoms with Crippen LogP contribution < -0.4 is 0 Å². The second-order valence-electron chi connectivity index (χ2n) is 7.19. The Morgan fingerprint density at radius 3 is 2.58 bits per heavy atom. The summed E-state index contributed by atoms with van der Waals surface area (Å²) in [6.45, 7) is 1.85. The number of fused-ring (bicyclic) bond motifs is 1. The van der Waals surface area contributed by atoms with E-state index in [1.165, 1.54) is 29.5 Å². The summed E-state index contributed by atoms with van der Waals surface area (Å²) in [6.07, 6.45) is 6.97. The Labute approximate surface area is 144 Å². The lowest BCUT2D eigenvalue weighted by molar-refractivity contribution is 0.0724. The number of carbonyl (C=O) groups is 1. The van der Waals surface area contributed by atoms with Gasteiger partial charge in [-0.15, -0.1) is 0 Å². The van der Waals surface area contributed by atoms with Crippen LogP contribution in [0.1, 0.15) is 58.6 Å². The van der Waals surface area contributed by atoms with Gasteiger partial charge in [-0.1, -0.05) is 36.4 Å². The summed E-state index contributed by atoms with van der Waals surface area (Å²) in [5.74, 6) is 0.825. The molecule has 1 aliphatic carbocycles. The fraction of sp³-hybridized carbons (Fsp3) is 0.409. The zero-order valence-corrected chi connectivity index (χ0v) is 14.2. The second-order valence-corrected chi connectivity index (χ2v) is 7.19. The molecule has 0 aromatic heterocycles. The molecule has 1 heterocycles. The summed E-state index contributed by atoms with van der Waals surface area (Å²) in [6, 6.07) is 17.2. The largest absolute Gasteiger partial charge is 0.339 e. The molecule has 2 heteroatoms. The van der Waals surface area contributed by atoms with Crippen LogP contribution >= 0.6 is 0 Å². The Morgan fingerprint density at radius 2 is 1.79 bits per heavy atom. The van der Waals surface area contributed by atoms with Crippen molar-refractivity contribution < 1.29 is 4.79 Å². The Bertz CT molecular complexity index is 716. The van der Waals surface area contributed by atoms with Crippen molar-refractivity contribution in [3.05, 3.63) is 70.8 Å². The predicted molar refractivity (Wildman–Crippen MR) is 97.4 cm³/mol. The molecule has 1 fully saturated rings. The van der Waals surface area contributed by atoms with Crippen LogP contribution in [0.25, 0.3) is 0 Å². The molecule has 0 N–H and O–H groups in total. The highest BCUT2D eigenvalue weighted by atomic mass is 16.2. The Morgan fingerprint density at radius 1 is 1.00 bits per heavy atom. The van der Waals surface area contributed by atoms with Crippen molar-refractivity contribution in [3.63, 3.8) is 0 Å². The standard InChI is InChI=1S/C22H25NO/c24-22(23-13-5-2-6-14-23)20-11-12-21-18(9-10-19(21)16-20)15-17-7-3-1-4-8-17/h1,3-4,7-8,11-12,16,18H,2,5-6,9-10,13-15H2. The smallest absolute Gasteiger partial charge is 0.253 e. The predicted octanol–water partition coefficient (Wildman–Crippen LogP) is 4.59. The molecule has 1 aliphatic heterocycles. The lowest BCUT2D eigenvalue weighted by Crippen LogP contribution is -2.35. The first kappa shape index (κ1) is 15.4. The van der Waals surface area contributed by atoms with E-state index in [0.29, 0.717) is 5.92 Å². The Kier molecular flexibility index (Phi) is 4.38. The first-order valence-corrected chi connectivity index (χ1v) is 9.27. The van der Waals surface area contributed by atoms with Crippen LogP contribution in [0.4, 0.5) is 0 Å². The van der Waals surface area contributed by atoms with Crippen molar-refractivity contribution in [2.24, 2.45) is 0 Å². The van der Waals surface area contributed by atoms with E-state index in [0.717, 1.165) is 44.3 Å². The molecule has 0 radical (unpaired) electrons. The normalized spacial score (nSPS) is 20.0. The summed E-state index contributed by atoms with van der Waals surface area (Å²) in [5.41, 5.74) is 5.13. The van der Waals surface area contributed by atoms with Crippen LogP contribution in [0, 0.1) is 0 Å². The van der Waals surface area contributed by atoms with Gasteiger partial charge in [0.05, 0.1) is 0 Å². The van der Waals surface area contributed by atoms with Crippen LogP contribution in [0.2, 0.25) is 0 Å². The van der Waals surface area contributed by atoms with E-state index < -0.39 is 0 Å². The number of benzene rings is 2. The molecule has 1 saturated heterocycles.